The van der Waals surface area contributed by atoms with Crippen molar-refractivity contribution >= 4 is 23.3 Å². The third-order valence-electron chi connectivity index (χ3n) is 4.11. The van der Waals surface area contributed by atoms with Crippen LogP contribution in [-0.2, 0) is 4.74 Å². The molecule has 0 bridgehead atoms. The number of carboxylic acids is 1. The fraction of sp³-hybridized carbons (Fsp3) is 0.294. The number of carbonyl (C=O) groups is 1. The Morgan fingerprint density at radius 2 is 2.21 bits per heavy atom. The summed E-state index contributed by atoms with van der Waals surface area (Å²) in [5.41, 5.74) is 0.500. The van der Waals surface area contributed by atoms with E-state index in [1.807, 2.05) is 6.07 Å². The van der Waals surface area contributed by atoms with E-state index < -0.39 is 17.0 Å². The number of nitrogens with zero attached hydrogens (tertiary/aromatic N) is 1. The van der Waals surface area contributed by atoms with Crippen LogP contribution in [0.15, 0.2) is 39.7 Å². The Hall–Kier alpha value is -2.31. The number of benzene rings is 1. The van der Waals surface area contributed by atoms with Crippen molar-refractivity contribution in [2.45, 2.75) is 12.5 Å². The molecule has 1 atom stereocenters. The van der Waals surface area contributed by atoms with E-state index in [4.69, 9.17) is 25.9 Å². The number of halogens is 1. The van der Waals surface area contributed by atoms with Crippen molar-refractivity contribution in [3.63, 3.8) is 0 Å². The van der Waals surface area contributed by atoms with Crippen molar-refractivity contribution < 1.29 is 19.1 Å². The number of carboxylic acid groups (broad SMARTS) is 1. The molecular weight excluding hydrogens is 334 g/mol. The van der Waals surface area contributed by atoms with Gasteiger partial charge in [-0.05, 0) is 24.6 Å². The third-order valence-corrected chi connectivity index (χ3v) is 4.42. The van der Waals surface area contributed by atoms with Gasteiger partial charge < -0.3 is 19.2 Å². The maximum atomic E-state index is 11.8. The molecule has 0 spiro atoms. The van der Waals surface area contributed by atoms with Crippen molar-refractivity contribution in [2.24, 2.45) is 0 Å². The van der Waals surface area contributed by atoms with E-state index in [1.165, 1.54) is 0 Å². The molecule has 1 aliphatic rings. The van der Waals surface area contributed by atoms with Crippen LogP contribution >= 0.6 is 11.6 Å². The molecule has 1 unspecified atom stereocenters. The monoisotopic (exact) mass is 349 g/mol. The van der Waals surface area contributed by atoms with E-state index in [2.05, 4.69) is 4.90 Å². The van der Waals surface area contributed by atoms with Crippen LogP contribution in [0.4, 0.5) is 5.69 Å². The molecule has 0 radical (unpaired) electrons. The van der Waals surface area contributed by atoms with Gasteiger partial charge in [-0.1, -0.05) is 11.6 Å². The summed E-state index contributed by atoms with van der Waals surface area (Å²) in [6.45, 7) is 1.64. The number of methoxy groups -OCH3 is 1. The highest BCUT2D eigenvalue weighted by molar-refractivity contribution is 6.33. The van der Waals surface area contributed by atoms with Gasteiger partial charge in [-0.3, -0.25) is 4.79 Å². The van der Waals surface area contributed by atoms with Crippen molar-refractivity contribution in [2.75, 3.05) is 25.1 Å². The highest BCUT2D eigenvalue weighted by Gasteiger charge is 2.24. The van der Waals surface area contributed by atoms with Crippen LogP contribution < -0.4 is 10.3 Å². The number of rotatable bonds is 4. The molecule has 1 fully saturated rings. The van der Waals surface area contributed by atoms with Crippen LogP contribution in [0.3, 0.4) is 0 Å². The molecule has 1 N–H and O–H groups in total. The largest absolute Gasteiger partial charge is 0.477 e. The minimum Gasteiger partial charge on any atom is -0.477 e. The zero-order valence-corrected chi connectivity index (χ0v) is 13.7. The molecule has 126 valence electrons. The van der Waals surface area contributed by atoms with Crippen molar-refractivity contribution in [3.8, 4) is 11.3 Å². The lowest BCUT2D eigenvalue weighted by molar-refractivity contribution is 0.0693. The predicted molar refractivity (Wildman–Crippen MR) is 90.0 cm³/mol. The first kappa shape index (κ1) is 16.5. The number of aromatic carboxylic acids is 1. The van der Waals surface area contributed by atoms with E-state index in [9.17, 15) is 9.59 Å². The summed E-state index contributed by atoms with van der Waals surface area (Å²) in [6.07, 6.45) is 2.09. The van der Waals surface area contributed by atoms with Crippen LogP contribution in [0.2, 0.25) is 5.02 Å². The lowest BCUT2D eigenvalue weighted by atomic mass is 10.1. The van der Waals surface area contributed by atoms with Crippen LogP contribution in [-0.4, -0.2) is 37.4 Å². The van der Waals surface area contributed by atoms with Crippen LogP contribution in [0.5, 0.6) is 0 Å². The summed E-state index contributed by atoms with van der Waals surface area (Å²) >= 11 is 6.38. The molecular formula is C17H16ClNO5. The molecule has 1 saturated heterocycles. The van der Waals surface area contributed by atoms with E-state index in [1.54, 1.807) is 19.2 Å². The van der Waals surface area contributed by atoms with Crippen molar-refractivity contribution in [3.05, 3.63) is 51.3 Å². The predicted octanol–water partition coefficient (Wildman–Crippen LogP) is 2.88. The second-order valence-corrected chi connectivity index (χ2v) is 5.99. The van der Waals surface area contributed by atoms with Gasteiger partial charge in [-0.25, -0.2) is 4.79 Å². The van der Waals surface area contributed by atoms with E-state index in [0.29, 0.717) is 10.6 Å². The summed E-state index contributed by atoms with van der Waals surface area (Å²) in [7, 11) is 1.70. The SMILES string of the molecule is COC1CCN(c2ccc(-c3cc(=O)c(C(=O)O)co3)cc2Cl)C1. The first-order chi connectivity index (χ1) is 11.5. The molecule has 0 saturated carbocycles. The summed E-state index contributed by atoms with van der Waals surface area (Å²) < 4.78 is 10.6. The van der Waals surface area contributed by atoms with Crippen molar-refractivity contribution in [1.82, 2.24) is 0 Å². The van der Waals surface area contributed by atoms with Gasteiger partial charge in [-0.2, -0.15) is 0 Å². The summed E-state index contributed by atoms with van der Waals surface area (Å²) in [5, 5.41) is 9.41. The lowest BCUT2D eigenvalue weighted by Crippen LogP contribution is -2.22. The molecule has 6 nitrogen and oxygen atoms in total. The number of hydrogen-bond donors (Lipinski definition) is 1. The Kier molecular flexibility index (Phi) is 4.59. The zero-order chi connectivity index (χ0) is 17.3. The molecule has 2 heterocycles. The normalized spacial score (nSPS) is 17.2. The van der Waals surface area contributed by atoms with E-state index >= 15 is 0 Å². The first-order valence-electron chi connectivity index (χ1n) is 7.43. The van der Waals surface area contributed by atoms with Crippen molar-refractivity contribution in [1.29, 1.82) is 0 Å². The Morgan fingerprint density at radius 3 is 2.79 bits per heavy atom. The maximum absolute atomic E-state index is 11.8. The van der Waals surface area contributed by atoms with Crippen LogP contribution in [0.25, 0.3) is 11.3 Å². The molecule has 3 rings (SSSR count). The summed E-state index contributed by atoms with van der Waals surface area (Å²) in [5.74, 6) is -1.04. The lowest BCUT2D eigenvalue weighted by Gasteiger charge is -2.20. The van der Waals surface area contributed by atoms with Gasteiger partial charge in [0.1, 0.15) is 17.6 Å². The molecule has 1 aromatic carbocycles. The topological polar surface area (TPSA) is 80.0 Å². The van der Waals surface area contributed by atoms with E-state index in [-0.39, 0.29) is 11.9 Å². The maximum Gasteiger partial charge on any atom is 0.342 e. The van der Waals surface area contributed by atoms with Gasteiger partial charge in [0.05, 0.1) is 16.8 Å². The fourth-order valence-corrected chi connectivity index (χ4v) is 3.07. The highest BCUT2D eigenvalue weighted by atomic mass is 35.5. The van der Waals surface area contributed by atoms with Gasteiger partial charge in [0.25, 0.3) is 0 Å². The molecule has 1 aromatic heterocycles. The second kappa shape index (κ2) is 6.67. The molecule has 2 aromatic rings. The average Bonchev–Trinajstić information content (AvgIpc) is 3.03. The number of anilines is 1. The Bertz CT molecular complexity index is 832. The summed E-state index contributed by atoms with van der Waals surface area (Å²) in [4.78, 5) is 24.8. The average molecular weight is 350 g/mol. The second-order valence-electron chi connectivity index (χ2n) is 5.59. The Labute approximate surface area is 143 Å². The molecule has 0 amide bonds. The first-order valence-corrected chi connectivity index (χ1v) is 7.81. The highest BCUT2D eigenvalue weighted by Crippen LogP contribution is 2.33. The fourth-order valence-electron chi connectivity index (χ4n) is 2.77. The minimum absolute atomic E-state index is 0.197. The number of ether oxygens (including phenoxy) is 1. The summed E-state index contributed by atoms with van der Waals surface area (Å²) in [6, 6.07) is 6.52. The Morgan fingerprint density at radius 1 is 1.42 bits per heavy atom. The number of hydrogen-bond acceptors (Lipinski definition) is 5. The zero-order valence-electron chi connectivity index (χ0n) is 13.0. The van der Waals surface area contributed by atoms with Gasteiger partial charge in [-0.15, -0.1) is 0 Å². The van der Waals surface area contributed by atoms with Gasteiger partial charge in [0.2, 0.25) is 0 Å². The Balaban J connectivity index is 1.89. The molecule has 1 aliphatic heterocycles. The molecule has 0 aliphatic carbocycles. The van der Waals surface area contributed by atoms with Gasteiger partial charge in [0, 0.05) is 31.8 Å². The third kappa shape index (κ3) is 3.16. The van der Waals surface area contributed by atoms with Crippen LogP contribution in [0, 0.1) is 0 Å². The quantitative estimate of drug-likeness (QED) is 0.914. The molecule has 7 heteroatoms. The standard InChI is InChI=1S/C17H16ClNO5/c1-23-11-4-5-19(8-11)14-3-2-10(6-13(14)18)16-7-15(20)12(9-24-16)17(21)22/h2-3,6-7,9,11H,4-5,8H2,1H3,(H,21,22). The van der Waals surface area contributed by atoms with Gasteiger partial charge >= 0.3 is 5.97 Å². The van der Waals surface area contributed by atoms with Gasteiger partial charge in [0.15, 0.2) is 5.43 Å². The minimum atomic E-state index is -1.31. The van der Waals surface area contributed by atoms with E-state index in [0.717, 1.165) is 37.5 Å². The van der Waals surface area contributed by atoms with Crippen LogP contribution in [0.1, 0.15) is 16.8 Å². The smallest absolute Gasteiger partial charge is 0.342 e. The molecule has 24 heavy (non-hydrogen) atoms.